The summed E-state index contributed by atoms with van der Waals surface area (Å²) >= 11 is 0. The third-order valence-electron chi connectivity index (χ3n) is 2.58. The molecule has 0 heterocycles. The standard InChI is InChI=1S/C15H24/c1-8-13(7)15(12(5)6)10-14(9-2)11(3)4/h9-11H,5,7-8H2,1-4,6H3/b14-9+,15-10-. The van der Waals surface area contributed by atoms with Crippen LogP contribution < -0.4 is 0 Å². The zero-order chi connectivity index (χ0) is 12.0. The van der Waals surface area contributed by atoms with Crippen molar-refractivity contribution >= 4 is 0 Å². The summed E-state index contributed by atoms with van der Waals surface area (Å²) in [7, 11) is 0. The van der Waals surface area contributed by atoms with Gasteiger partial charge in [-0.25, -0.2) is 0 Å². The van der Waals surface area contributed by atoms with Crippen LogP contribution in [-0.4, -0.2) is 0 Å². The number of rotatable bonds is 5. The third-order valence-corrected chi connectivity index (χ3v) is 2.58. The molecule has 0 radical (unpaired) electrons. The van der Waals surface area contributed by atoms with Gasteiger partial charge in [0.2, 0.25) is 0 Å². The van der Waals surface area contributed by atoms with Gasteiger partial charge < -0.3 is 0 Å². The van der Waals surface area contributed by atoms with Gasteiger partial charge in [-0.05, 0) is 42.9 Å². The van der Waals surface area contributed by atoms with Crippen molar-refractivity contribution < 1.29 is 0 Å². The van der Waals surface area contributed by atoms with Gasteiger partial charge >= 0.3 is 0 Å². The molecular formula is C15H24. The van der Waals surface area contributed by atoms with Crippen LogP contribution >= 0.6 is 0 Å². The molecular weight excluding hydrogens is 180 g/mol. The molecule has 0 saturated heterocycles. The first-order valence-corrected chi connectivity index (χ1v) is 5.65. The molecule has 0 atom stereocenters. The lowest BCUT2D eigenvalue weighted by Gasteiger charge is -2.12. The molecule has 0 aromatic carbocycles. The first-order valence-electron chi connectivity index (χ1n) is 5.65. The molecule has 0 bridgehead atoms. The van der Waals surface area contributed by atoms with E-state index in [-0.39, 0.29) is 0 Å². The summed E-state index contributed by atoms with van der Waals surface area (Å²) in [5, 5.41) is 0. The zero-order valence-electron chi connectivity index (χ0n) is 10.9. The molecule has 0 aromatic rings. The van der Waals surface area contributed by atoms with Crippen molar-refractivity contribution in [3.05, 3.63) is 47.6 Å². The van der Waals surface area contributed by atoms with E-state index in [0.29, 0.717) is 5.92 Å². The van der Waals surface area contributed by atoms with Crippen molar-refractivity contribution in [1.82, 2.24) is 0 Å². The van der Waals surface area contributed by atoms with Gasteiger partial charge in [0.15, 0.2) is 0 Å². The maximum absolute atomic E-state index is 4.09. The molecule has 0 rings (SSSR count). The number of allylic oxidation sites excluding steroid dienone is 6. The van der Waals surface area contributed by atoms with Gasteiger partial charge in [-0.2, -0.15) is 0 Å². The maximum atomic E-state index is 4.09. The van der Waals surface area contributed by atoms with E-state index < -0.39 is 0 Å². The normalized spacial score (nSPS) is 13.2. The molecule has 15 heavy (non-hydrogen) atoms. The van der Waals surface area contributed by atoms with Gasteiger partial charge in [-0.15, -0.1) is 0 Å². The monoisotopic (exact) mass is 204 g/mol. The Morgan fingerprint density at radius 3 is 2.07 bits per heavy atom. The van der Waals surface area contributed by atoms with Crippen LogP contribution in [-0.2, 0) is 0 Å². The fourth-order valence-electron chi connectivity index (χ4n) is 1.47. The van der Waals surface area contributed by atoms with Crippen LogP contribution in [0, 0.1) is 5.92 Å². The predicted octanol–water partition coefficient (Wildman–Crippen LogP) is 5.06. The van der Waals surface area contributed by atoms with Gasteiger partial charge in [0.05, 0.1) is 0 Å². The third kappa shape index (κ3) is 4.33. The summed E-state index contributed by atoms with van der Waals surface area (Å²) in [6.07, 6.45) is 5.36. The molecule has 0 nitrogen and oxygen atoms in total. The van der Waals surface area contributed by atoms with Gasteiger partial charge in [0.1, 0.15) is 0 Å². The molecule has 0 amide bonds. The largest absolute Gasteiger partial charge is 0.0955 e. The minimum absolute atomic E-state index is 0.550. The van der Waals surface area contributed by atoms with Gasteiger partial charge in [0, 0.05) is 0 Å². The van der Waals surface area contributed by atoms with Crippen LogP contribution in [0.5, 0.6) is 0 Å². The molecule has 0 aliphatic rings. The second-order valence-corrected chi connectivity index (χ2v) is 4.24. The van der Waals surface area contributed by atoms with Crippen molar-refractivity contribution in [1.29, 1.82) is 0 Å². The average Bonchev–Trinajstić information content (AvgIpc) is 2.17. The second-order valence-electron chi connectivity index (χ2n) is 4.24. The predicted molar refractivity (Wildman–Crippen MR) is 70.9 cm³/mol. The molecule has 0 heteroatoms. The lowest BCUT2D eigenvalue weighted by atomic mass is 9.93. The molecule has 0 N–H and O–H groups in total. The van der Waals surface area contributed by atoms with Crippen molar-refractivity contribution in [3.63, 3.8) is 0 Å². The number of hydrogen-bond donors (Lipinski definition) is 0. The van der Waals surface area contributed by atoms with Gasteiger partial charge in [-0.3, -0.25) is 0 Å². The van der Waals surface area contributed by atoms with Crippen LogP contribution in [0.15, 0.2) is 47.6 Å². The summed E-state index contributed by atoms with van der Waals surface area (Å²) in [4.78, 5) is 0. The van der Waals surface area contributed by atoms with E-state index in [1.807, 2.05) is 6.92 Å². The SMILES string of the molecule is C=C(C)/C(=C/C(=C\C)C(C)C)C(=C)CC. The van der Waals surface area contributed by atoms with Crippen molar-refractivity contribution in [2.24, 2.45) is 5.92 Å². The molecule has 84 valence electrons. The van der Waals surface area contributed by atoms with Crippen molar-refractivity contribution in [2.75, 3.05) is 0 Å². The van der Waals surface area contributed by atoms with Crippen LogP contribution in [0.3, 0.4) is 0 Å². The van der Waals surface area contributed by atoms with Crippen LogP contribution in [0.25, 0.3) is 0 Å². The van der Waals surface area contributed by atoms with E-state index in [1.165, 1.54) is 16.7 Å². The molecule has 0 unspecified atom stereocenters. The smallest absolute Gasteiger partial charge is 0.0204 e. The van der Waals surface area contributed by atoms with Crippen LogP contribution in [0.4, 0.5) is 0 Å². The fraction of sp³-hybridized carbons (Fsp3) is 0.467. The van der Waals surface area contributed by atoms with Crippen LogP contribution in [0.2, 0.25) is 0 Å². The second kappa shape index (κ2) is 6.44. The lowest BCUT2D eigenvalue weighted by Crippen LogP contribution is -1.95. The highest BCUT2D eigenvalue weighted by atomic mass is 14.1. The minimum Gasteiger partial charge on any atom is -0.0955 e. The molecule has 0 aromatic heterocycles. The quantitative estimate of drug-likeness (QED) is 0.549. The van der Waals surface area contributed by atoms with E-state index in [2.05, 4.69) is 53.0 Å². The number of hydrogen-bond acceptors (Lipinski definition) is 0. The Balaban J connectivity index is 5.16. The summed E-state index contributed by atoms with van der Waals surface area (Å²) in [5.74, 6) is 0.550. The Morgan fingerprint density at radius 2 is 1.80 bits per heavy atom. The highest BCUT2D eigenvalue weighted by Crippen LogP contribution is 2.23. The lowest BCUT2D eigenvalue weighted by molar-refractivity contribution is 0.788. The van der Waals surface area contributed by atoms with E-state index in [1.54, 1.807) is 0 Å². The Kier molecular flexibility index (Phi) is 6.00. The summed E-state index contributed by atoms with van der Waals surface area (Å²) < 4.78 is 0. The fourth-order valence-corrected chi connectivity index (χ4v) is 1.47. The van der Waals surface area contributed by atoms with Gasteiger partial charge in [-0.1, -0.05) is 51.7 Å². The summed E-state index contributed by atoms with van der Waals surface area (Å²) in [6, 6.07) is 0. The van der Waals surface area contributed by atoms with Gasteiger partial charge in [0.25, 0.3) is 0 Å². The zero-order valence-corrected chi connectivity index (χ0v) is 10.9. The maximum Gasteiger partial charge on any atom is -0.0204 e. The minimum atomic E-state index is 0.550. The average molecular weight is 204 g/mol. The molecule has 0 saturated carbocycles. The summed E-state index contributed by atoms with van der Waals surface area (Å²) in [6.45, 7) is 18.8. The van der Waals surface area contributed by atoms with E-state index in [4.69, 9.17) is 0 Å². The molecule has 0 fully saturated rings. The Bertz CT molecular complexity index is 298. The Labute approximate surface area is 95.1 Å². The first-order chi connectivity index (χ1) is 6.93. The highest BCUT2D eigenvalue weighted by molar-refractivity contribution is 5.47. The topological polar surface area (TPSA) is 0 Å². The molecule has 0 spiro atoms. The highest BCUT2D eigenvalue weighted by Gasteiger charge is 2.05. The van der Waals surface area contributed by atoms with Crippen molar-refractivity contribution in [2.45, 2.75) is 41.0 Å². The van der Waals surface area contributed by atoms with Crippen molar-refractivity contribution in [3.8, 4) is 0 Å². The van der Waals surface area contributed by atoms with E-state index in [9.17, 15) is 0 Å². The van der Waals surface area contributed by atoms with E-state index in [0.717, 1.165) is 12.0 Å². The summed E-state index contributed by atoms with van der Waals surface area (Å²) in [5.41, 5.74) is 4.83. The Morgan fingerprint density at radius 1 is 1.27 bits per heavy atom. The molecule has 0 aliphatic heterocycles. The van der Waals surface area contributed by atoms with E-state index >= 15 is 0 Å². The first kappa shape index (κ1) is 14.0. The molecule has 0 aliphatic carbocycles. The Hall–Kier alpha value is -1.04. The van der Waals surface area contributed by atoms with Crippen LogP contribution in [0.1, 0.15) is 41.0 Å².